The van der Waals surface area contributed by atoms with E-state index in [0.29, 0.717) is 17.0 Å². The van der Waals surface area contributed by atoms with Gasteiger partial charge < -0.3 is 10.2 Å². The fourth-order valence-corrected chi connectivity index (χ4v) is 4.29. The minimum atomic E-state index is -1.50. The van der Waals surface area contributed by atoms with E-state index < -0.39 is 17.6 Å². The van der Waals surface area contributed by atoms with Crippen LogP contribution in [0.15, 0.2) is 60.8 Å². The summed E-state index contributed by atoms with van der Waals surface area (Å²) < 4.78 is 1.81. The van der Waals surface area contributed by atoms with E-state index in [1.807, 2.05) is 41.2 Å². The highest BCUT2D eigenvalue weighted by atomic mass is 16.4. The maximum Gasteiger partial charge on any atom is 0.335 e. The Balaban J connectivity index is 1.76. The van der Waals surface area contributed by atoms with Crippen LogP contribution < -0.4 is 5.01 Å². The number of benzene rings is 2. The van der Waals surface area contributed by atoms with Crippen LogP contribution in [0.5, 0.6) is 0 Å². The Hall–Kier alpha value is -3.72. The van der Waals surface area contributed by atoms with Crippen molar-refractivity contribution in [1.29, 1.82) is 0 Å². The number of rotatable bonds is 4. The number of aromatic amines is 1. The van der Waals surface area contributed by atoms with Crippen LogP contribution in [0.2, 0.25) is 0 Å². The lowest BCUT2D eigenvalue weighted by atomic mass is 9.84. The molecule has 0 aliphatic carbocycles. The molecule has 0 saturated carbocycles. The molecule has 1 aliphatic heterocycles. The van der Waals surface area contributed by atoms with Crippen molar-refractivity contribution in [3.05, 3.63) is 66.4 Å². The summed E-state index contributed by atoms with van der Waals surface area (Å²) in [5.41, 5.74) is 0.421. The number of hydrogen-bond acceptors (Lipinski definition) is 6. The number of carbonyl (C=O) groups is 1. The molecule has 2 atom stereocenters. The second kappa shape index (κ2) is 6.42. The molecule has 3 heterocycles. The van der Waals surface area contributed by atoms with E-state index in [1.165, 1.54) is 0 Å². The van der Waals surface area contributed by atoms with Gasteiger partial charge in [0.15, 0.2) is 5.54 Å². The van der Waals surface area contributed by atoms with Gasteiger partial charge in [0.1, 0.15) is 0 Å². The van der Waals surface area contributed by atoms with Crippen molar-refractivity contribution in [1.82, 2.24) is 25.3 Å². The summed E-state index contributed by atoms with van der Waals surface area (Å²) in [6.45, 7) is 0.172. The maximum absolute atomic E-state index is 12.8. The van der Waals surface area contributed by atoms with Crippen LogP contribution in [0.1, 0.15) is 12.0 Å². The second-order valence-electron chi connectivity index (χ2n) is 7.11. The molecule has 1 fully saturated rings. The first kappa shape index (κ1) is 17.4. The molecule has 4 aromatic rings. The smallest absolute Gasteiger partial charge is 0.335 e. The van der Waals surface area contributed by atoms with Crippen LogP contribution in [0.3, 0.4) is 0 Å². The third kappa shape index (κ3) is 2.51. The van der Waals surface area contributed by atoms with Gasteiger partial charge in [0.2, 0.25) is 5.82 Å². The molecule has 1 saturated heterocycles. The van der Waals surface area contributed by atoms with Gasteiger partial charge in [-0.05, 0) is 17.3 Å². The molecule has 2 aromatic heterocycles. The molecule has 146 valence electrons. The van der Waals surface area contributed by atoms with Crippen LogP contribution >= 0.6 is 0 Å². The number of aliphatic hydroxyl groups excluding tert-OH is 1. The fourth-order valence-electron chi connectivity index (χ4n) is 4.29. The van der Waals surface area contributed by atoms with Crippen molar-refractivity contribution < 1.29 is 15.0 Å². The summed E-state index contributed by atoms with van der Waals surface area (Å²) in [6.07, 6.45) is 1.05. The quantitative estimate of drug-likeness (QED) is 0.483. The number of aromatic nitrogens is 5. The Morgan fingerprint density at radius 2 is 1.93 bits per heavy atom. The van der Waals surface area contributed by atoms with E-state index >= 15 is 0 Å². The average molecular weight is 390 g/mol. The first-order valence-electron chi connectivity index (χ1n) is 9.20. The third-order valence-electron chi connectivity index (χ3n) is 5.51. The van der Waals surface area contributed by atoms with Crippen LogP contribution in [-0.2, 0) is 10.3 Å². The first-order valence-corrected chi connectivity index (χ1v) is 9.20. The second-order valence-corrected chi connectivity index (χ2v) is 7.11. The van der Waals surface area contributed by atoms with Crippen molar-refractivity contribution in [2.24, 2.45) is 0 Å². The van der Waals surface area contributed by atoms with E-state index in [4.69, 9.17) is 0 Å². The lowest BCUT2D eigenvalue weighted by Crippen LogP contribution is -2.53. The number of aliphatic hydroxyl groups is 1. The predicted octanol–water partition coefficient (Wildman–Crippen LogP) is 1.50. The average Bonchev–Trinajstić information content (AvgIpc) is 3.46. The number of aliphatic carboxylic acids is 1. The normalized spacial score (nSPS) is 21.7. The maximum atomic E-state index is 12.8. The van der Waals surface area contributed by atoms with Crippen LogP contribution in [-0.4, -0.2) is 54.1 Å². The molecule has 3 N–H and O–H groups in total. The molecule has 9 heteroatoms. The van der Waals surface area contributed by atoms with E-state index in [1.54, 1.807) is 29.3 Å². The Kier molecular flexibility index (Phi) is 3.85. The molecule has 1 aliphatic rings. The minimum absolute atomic E-state index is 0.0315. The van der Waals surface area contributed by atoms with Gasteiger partial charge in [0.25, 0.3) is 0 Å². The zero-order valence-electron chi connectivity index (χ0n) is 15.3. The number of nitrogens with one attached hydrogen (secondary N) is 1. The number of tetrazole rings is 1. The largest absolute Gasteiger partial charge is 0.479 e. The number of para-hydroxylation sites is 1. The summed E-state index contributed by atoms with van der Waals surface area (Å²) >= 11 is 0. The lowest BCUT2D eigenvalue weighted by molar-refractivity contribution is -0.144. The Bertz CT molecular complexity index is 1190. The summed E-state index contributed by atoms with van der Waals surface area (Å²) in [4.78, 5) is 12.8. The summed E-state index contributed by atoms with van der Waals surface area (Å²) in [7, 11) is 0. The number of nitrogens with zero attached hydrogens (tertiary/aromatic N) is 5. The van der Waals surface area contributed by atoms with Gasteiger partial charge in [0, 0.05) is 29.1 Å². The predicted molar refractivity (Wildman–Crippen MR) is 105 cm³/mol. The van der Waals surface area contributed by atoms with Gasteiger partial charge in [-0.2, -0.15) is 5.21 Å². The van der Waals surface area contributed by atoms with Crippen LogP contribution in [0, 0.1) is 0 Å². The molecule has 29 heavy (non-hydrogen) atoms. The van der Waals surface area contributed by atoms with Crippen LogP contribution in [0.25, 0.3) is 22.3 Å². The zero-order valence-corrected chi connectivity index (χ0v) is 15.3. The fraction of sp³-hybridized carbons (Fsp3) is 0.200. The van der Waals surface area contributed by atoms with E-state index in [-0.39, 0.29) is 13.0 Å². The number of hydrogen-bond donors (Lipinski definition) is 3. The highest BCUT2D eigenvalue weighted by Gasteiger charge is 2.54. The highest BCUT2D eigenvalue weighted by Crippen LogP contribution is 2.42. The number of H-pyrrole nitrogens is 1. The van der Waals surface area contributed by atoms with E-state index in [2.05, 4.69) is 20.6 Å². The molecule has 0 bridgehead atoms. The standard InChI is InChI=1S/C20H18N6O3/c27-14-11-20(19(28)29,16-7-3-2-6-15(16)18-21-23-24-22-18)26(12-14)25-10-9-13-5-1-4-8-17(13)25/h1-10,14,27H,11-12H2,(H,28,29)(H,21,22,23,24)/t14?,20-/m1/s1. The summed E-state index contributed by atoms with van der Waals surface area (Å²) in [5, 5.41) is 37.8. The van der Waals surface area contributed by atoms with Gasteiger partial charge >= 0.3 is 5.97 Å². The molecule has 0 radical (unpaired) electrons. The van der Waals surface area contributed by atoms with E-state index in [0.717, 1.165) is 10.9 Å². The number of carboxylic acids is 1. The molecule has 1 unspecified atom stereocenters. The Morgan fingerprint density at radius 1 is 1.14 bits per heavy atom. The monoisotopic (exact) mass is 390 g/mol. The molecule has 2 aromatic carbocycles. The van der Waals surface area contributed by atoms with Crippen molar-refractivity contribution in [3.8, 4) is 11.4 Å². The topological polar surface area (TPSA) is 120 Å². The Morgan fingerprint density at radius 3 is 2.72 bits per heavy atom. The van der Waals surface area contributed by atoms with Crippen molar-refractivity contribution >= 4 is 16.9 Å². The zero-order chi connectivity index (χ0) is 20.0. The van der Waals surface area contributed by atoms with Gasteiger partial charge in [0.05, 0.1) is 18.2 Å². The molecular formula is C20H18N6O3. The number of carboxylic acid groups (broad SMARTS) is 1. The number of fused-ring (bicyclic) bond motifs is 1. The molecule has 0 amide bonds. The van der Waals surface area contributed by atoms with Crippen molar-refractivity contribution in [2.45, 2.75) is 18.1 Å². The minimum Gasteiger partial charge on any atom is -0.479 e. The van der Waals surface area contributed by atoms with E-state index in [9.17, 15) is 15.0 Å². The lowest BCUT2D eigenvalue weighted by Gasteiger charge is -2.38. The molecule has 5 rings (SSSR count). The highest BCUT2D eigenvalue weighted by molar-refractivity contribution is 5.88. The third-order valence-corrected chi connectivity index (χ3v) is 5.51. The van der Waals surface area contributed by atoms with Gasteiger partial charge in [-0.15, -0.1) is 10.2 Å². The van der Waals surface area contributed by atoms with Crippen molar-refractivity contribution in [2.75, 3.05) is 11.6 Å². The SMILES string of the molecule is O=C(O)[C@]1(c2ccccc2-c2nn[nH]n2)CC(O)CN1n1ccc2ccccc21. The van der Waals surface area contributed by atoms with Gasteiger partial charge in [-0.1, -0.05) is 42.5 Å². The van der Waals surface area contributed by atoms with Gasteiger partial charge in [-0.25, -0.2) is 4.79 Å². The van der Waals surface area contributed by atoms with Crippen LogP contribution in [0.4, 0.5) is 0 Å². The summed E-state index contributed by atoms with van der Waals surface area (Å²) in [5.74, 6) is -0.747. The Labute approximate surface area is 165 Å². The molecular weight excluding hydrogens is 372 g/mol. The summed E-state index contributed by atoms with van der Waals surface area (Å²) in [6, 6.07) is 16.7. The molecule has 9 nitrogen and oxygen atoms in total. The molecule has 0 spiro atoms. The van der Waals surface area contributed by atoms with Gasteiger partial charge in [-0.3, -0.25) is 9.69 Å². The van der Waals surface area contributed by atoms with Crippen molar-refractivity contribution in [3.63, 3.8) is 0 Å². The number of β-amino-alcohol motifs (C(OH)–C–C–N with tert-alkyl or cyclic N) is 1. The first-order chi connectivity index (χ1) is 14.1.